The van der Waals surface area contributed by atoms with Crippen molar-refractivity contribution < 1.29 is 22.7 Å². The van der Waals surface area contributed by atoms with Crippen molar-refractivity contribution in [3.63, 3.8) is 0 Å². The minimum Gasteiger partial charge on any atom is -0.497 e. The highest BCUT2D eigenvalue weighted by molar-refractivity contribution is 7.89. The molecule has 202 valence electrons. The molecule has 4 rings (SSSR count). The summed E-state index contributed by atoms with van der Waals surface area (Å²) in [4.78, 5) is 20.2. The Bertz CT molecular complexity index is 1020. The summed E-state index contributed by atoms with van der Waals surface area (Å²) < 4.78 is 38.5. The zero-order chi connectivity index (χ0) is 26.0. The van der Waals surface area contributed by atoms with E-state index >= 15 is 0 Å². The van der Waals surface area contributed by atoms with Gasteiger partial charge in [-0.3, -0.25) is 9.69 Å². The minimum absolute atomic E-state index is 0.00801. The average molecular weight is 523 g/mol. The number of carbonyl (C=O) groups is 1. The van der Waals surface area contributed by atoms with Crippen LogP contribution in [0.25, 0.3) is 0 Å². The number of rotatable bonds is 9. The molecular weight excluding hydrogens is 480 g/mol. The molecule has 1 aromatic rings. The van der Waals surface area contributed by atoms with Crippen LogP contribution in [0.2, 0.25) is 0 Å². The molecule has 0 bridgehead atoms. The van der Waals surface area contributed by atoms with E-state index in [0.29, 0.717) is 33.7 Å². The first kappa shape index (κ1) is 27.3. The van der Waals surface area contributed by atoms with Gasteiger partial charge in [-0.05, 0) is 82.4 Å². The lowest BCUT2D eigenvalue weighted by Crippen LogP contribution is -2.46. The number of likely N-dealkylation sites (N-methyl/N-ethyl adjacent to an activating group) is 1. The van der Waals surface area contributed by atoms with Gasteiger partial charge in [-0.1, -0.05) is 0 Å². The summed E-state index contributed by atoms with van der Waals surface area (Å²) in [5, 5.41) is 0. The molecule has 0 unspecified atom stereocenters. The predicted molar refractivity (Wildman–Crippen MR) is 139 cm³/mol. The van der Waals surface area contributed by atoms with Crippen molar-refractivity contribution in [1.29, 1.82) is 0 Å². The van der Waals surface area contributed by atoms with E-state index in [2.05, 4.69) is 16.8 Å². The maximum absolute atomic E-state index is 13.2. The molecule has 2 atom stereocenters. The molecule has 3 fully saturated rings. The Balaban J connectivity index is 1.25. The van der Waals surface area contributed by atoms with Gasteiger partial charge in [-0.15, -0.1) is 0 Å². The standard InChI is InChI=1S/C26H42N4O5S/c1-19-14-23(34-5)15-20(2)26(19)36(32,33)28(4)12-13-35-18-25(31)30-11-6-21-16-29(17-24(21)30)22-7-9-27(3)10-8-22/h14-15,21-22,24H,6-13,16-18H2,1-5H3/t21-,24+/m0/s1. The van der Waals surface area contributed by atoms with E-state index in [0.717, 1.165) is 39.1 Å². The van der Waals surface area contributed by atoms with Crippen molar-refractivity contribution >= 4 is 15.9 Å². The van der Waals surface area contributed by atoms with Crippen LogP contribution in [-0.4, -0.2) is 119 Å². The number of aryl methyl sites for hydroxylation is 2. The van der Waals surface area contributed by atoms with Gasteiger partial charge in [0.2, 0.25) is 15.9 Å². The van der Waals surface area contributed by atoms with Crippen molar-refractivity contribution in [3.05, 3.63) is 23.3 Å². The molecule has 3 aliphatic rings. The Morgan fingerprint density at radius 2 is 1.75 bits per heavy atom. The number of likely N-dealkylation sites (tertiary alicyclic amines) is 3. The predicted octanol–water partition coefficient (Wildman–Crippen LogP) is 1.58. The molecule has 36 heavy (non-hydrogen) atoms. The van der Waals surface area contributed by atoms with Gasteiger partial charge < -0.3 is 19.3 Å². The molecule has 0 saturated carbocycles. The summed E-state index contributed by atoms with van der Waals surface area (Å²) in [5.41, 5.74) is 1.29. The summed E-state index contributed by atoms with van der Waals surface area (Å²) in [6, 6.07) is 4.37. The Hall–Kier alpha value is -1.72. The lowest BCUT2D eigenvalue weighted by Gasteiger charge is -2.36. The van der Waals surface area contributed by atoms with Gasteiger partial charge in [0.1, 0.15) is 12.4 Å². The highest BCUT2D eigenvalue weighted by Gasteiger charge is 2.45. The minimum atomic E-state index is -3.68. The van der Waals surface area contributed by atoms with E-state index in [1.807, 2.05) is 4.90 Å². The van der Waals surface area contributed by atoms with E-state index in [4.69, 9.17) is 9.47 Å². The summed E-state index contributed by atoms with van der Waals surface area (Å²) in [6.07, 6.45) is 3.47. The van der Waals surface area contributed by atoms with Crippen LogP contribution in [0.1, 0.15) is 30.4 Å². The van der Waals surface area contributed by atoms with E-state index in [9.17, 15) is 13.2 Å². The lowest BCUT2D eigenvalue weighted by molar-refractivity contribution is -0.137. The van der Waals surface area contributed by atoms with Gasteiger partial charge in [0.25, 0.3) is 0 Å². The van der Waals surface area contributed by atoms with Crippen LogP contribution >= 0.6 is 0 Å². The molecule has 1 aromatic carbocycles. The van der Waals surface area contributed by atoms with Crippen LogP contribution in [0.3, 0.4) is 0 Å². The van der Waals surface area contributed by atoms with Crippen LogP contribution in [0.15, 0.2) is 17.0 Å². The number of amides is 1. The number of ether oxygens (including phenoxy) is 2. The number of benzene rings is 1. The third kappa shape index (κ3) is 5.72. The second-order valence-electron chi connectivity index (χ2n) is 10.7. The van der Waals surface area contributed by atoms with Crippen LogP contribution in [0.5, 0.6) is 5.75 Å². The number of hydrogen-bond donors (Lipinski definition) is 0. The van der Waals surface area contributed by atoms with Crippen molar-refractivity contribution in [2.24, 2.45) is 5.92 Å². The molecule has 1 amide bonds. The summed E-state index contributed by atoms with van der Waals surface area (Å²) in [5.74, 6) is 1.20. The highest BCUT2D eigenvalue weighted by atomic mass is 32.2. The number of piperidine rings is 1. The second-order valence-corrected chi connectivity index (χ2v) is 12.6. The topological polar surface area (TPSA) is 82.6 Å². The Morgan fingerprint density at radius 3 is 2.39 bits per heavy atom. The van der Waals surface area contributed by atoms with Crippen LogP contribution in [-0.2, 0) is 19.6 Å². The average Bonchev–Trinajstić information content (AvgIpc) is 3.42. The van der Waals surface area contributed by atoms with Crippen LogP contribution in [0, 0.1) is 19.8 Å². The number of methoxy groups -OCH3 is 1. The van der Waals surface area contributed by atoms with E-state index < -0.39 is 10.0 Å². The molecule has 0 aromatic heterocycles. The second kappa shape index (κ2) is 11.3. The molecule has 0 radical (unpaired) electrons. The molecule has 3 heterocycles. The zero-order valence-electron chi connectivity index (χ0n) is 22.4. The maximum atomic E-state index is 13.2. The van der Waals surface area contributed by atoms with Gasteiger partial charge in [-0.2, -0.15) is 4.31 Å². The summed E-state index contributed by atoms with van der Waals surface area (Å²) in [7, 11) is 1.61. The van der Waals surface area contributed by atoms with Crippen molar-refractivity contribution in [1.82, 2.24) is 19.0 Å². The lowest BCUT2D eigenvalue weighted by atomic mass is 10.0. The first-order chi connectivity index (χ1) is 17.1. The monoisotopic (exact) mass is 522 g/mol. The normalized spacial score (nSPS) is 24.0. The zero-order valence-corrected chi connectivity index (χ0v) is 23.2. The highest BCUT2D eigenvalue weighted by Crippen LogP contribution is 2.34. The van der Waals surface area contributed by atoms with Gasteiger partial charge in [0.05, 0.1) is 18.6 Å². The fourth-order valence-corrected chi connectivity index (χ4v) is 7.67. The van der Waals surface area contributed by atoms with Crippen molar-refractivity contribution in [2.75, 3.05) is 73.7 Å². The Morgan fingerprint density at radius 1 is 1.08 bits per heavy atom. The Labute approximate surface area is 216 Å². The maximum Gasteiger partial charge on any atom is 0.248 e. The van der Waals surface area contributed by atoms with Gasteiger partial charge in [0.15, 0.2) is 0 Å². The fraction of sp³-hybridized carbons (Fsp3) is 0.731. The first-order valence-corrected chi connectivity index (χ1v) is 14.5. The number of hydrogen-bond acceptors (Lipinski definition) is 7. The third-order valence-electron chi connectivity index (χ3n) is 8.21. The van der Waals surface area contributed by atoms with Crippen molar-refractivity contribution in [3.8, 4) is 5.75 Å². The molecule has 0 spiro atoms. The molecule has 0 aliphatic carbocycles. The van der Waals surface area contributed by atoms with Gasteiger partial charge >= 0.3 is 0 Å². The molecular formula is C26H42N4O5S. The molecule has 3 saturated heterocycles. The summed E-state index contributed by atoms with van der Waals surface area (Å²) in [6.45, 7) is 9.02. The number of sulfonamides is 1. The summed E-state index contributed by atoms with van der Waals surface area (Å²) >= 11 is 0. The quantitative estimate of drug-likeness (QED) is 0.456. The van der Waals surface area contributed by atoms with Crippen LogP contribution in [0.4, 0.5) is 0 Å². The molecule has 9 nitrogen and oxygen atoms in total. The molecule has 0 N–H and O–H groups in total. The Kier molecular flexibility index (Phi) is 8.61. The van der Waals surface area contributed by atoms with E-state index in [-0.39, 0.29) is 31.7 Å². The van der Waals surface area contributed by atoms with E-state index in [1.165, 1.54) is 17.1 Å². The number of fused-ring (bicyclic) bond motifs is 1. The first-order valence-electron chi connectivity index (χ1n) is 13.0. The van der Waals surface area contributed by atoms with Crippen molar-refractivity contribution in [2.45, 2.75) is 50.1 Å². The van der Waals surface area contributed by atoms with E-state index in [1.54, 1.807) is 40.1 Å². The van der Waals surface area contributed by atoms with Gasteiger partial charge in [-0.25, -0.2) is 8.42 Å². The van der Waals surface area contributed by atoms with Gasteiger partial charge in [0, 0.05) is 45.3 Å². The smallest absolute Gasteiger partial charge is 0.248 e. The van der Waals surface area contributed by atoms with Crippen LogP contribution < -0.4 is 4.74 Å². The largest absolute Gasteiger partial charge is 0.497 e. The third-order valence-corrected chi connectivity index (χ3v) is 10.4. The number of carbonyl (C=O) groups excluding carboxylic acids is 1. The molecule has 10 heteroatoms. The fourth-order valence-electron chi connectivity index (χ4n) is 6.11. The number of nitrogens with zero attached hydrogens (tertiary/aromatic N) is 4. The molecule has 3 aliphatic heterocycles. The SMILES string of the molecule is COc1cc(C)c(S(=O)(=O)N(C)CCOCC(=O)N2CC[C@H]3CN(C4CCN(C)CC4)C[C@H]32)c(C)c1.